The van der Waals surface area contributed by atoms with E-state index < -0.39 is 0 Å². The van der Waals surface area contributed by atoms with E-state index in [1.54, 1.807) is 5.57 Å². The first kappa shape index (κ1) is 19.2. The minimum absolute atomic E-state index is 0.0518. The highest BCUT2D eigenvalue weighted by atomic mass is 16.5. The molecule has 0 saturated heterocycles. The maximum absolute atomic E-state index is 6.98. The van der Waals surface area contributed by atoms with Crippen molar-refractivity contribution in [1.82, 2.24) is 0 Å². The monoisotopic (exact) mass is 368 g/mol. The number of nitrogens with zero attached hydrogens (tertiary/aromatic N) is 1. The lowest BCUT2D eigenvalue weighted by Gasteiger charge is -2.54. The number of hydrogen-bond donors (Lipinski definition) is 0. The van der Waals surface area contributed by atoms with Crippen LogP contribution < -0.4 is 0 Å². The average molecular weight is 369 g/mol. The number of likely N-dealkylation sites (N-methyl/N-ethyl adjacent to an activating group) is 1. The van der Waals surface area contributed by atoms with E-state index in [1.165, 1.54) is 56.9 Å². The van der Waals surface area contributed by atoms with E-state index in [4.69, 9.17) is 4.74 Å². The zero-order valence-corrected chi connectivity index (χ0v) is 17.8. The van der Waals surface area contributed by atoms with Crippen LogP contribution in [0.25, 0.3) is 0 Å². The number of rotatable bonds is 4. The van der Waals surface area contributed by atoms with E-state index in [9.17, 15) is 0 Å². The highest BCUT2D eigenvalue weighted by molar-refractivity contribution is 5.30. The summed E-state index contributed by atoms with van der Waals surface area (Å²) in [6, 6.07) is 11.0. The molecule has 1 fully saturated rings. The lowest BCUT2D eigenvalue weighted by Crippen LogP contribution is -2.64. The van der Waals surface area contributed by atoms with E-state index in [0.29, 0.717) is 6.10 Å². The van der Waals surface area contributed by atoms with Crippen molar-refractivity contribution in [3.05, 3.63) is 47.0 Å². The third-order valence-corrected chi connectivity index (χ3v) is 7.95. The summed E-state index contributed by atoms with van der Waals surface area (Å²) in [4.78, 5) is 0. The number of benzene rings is 1. The minimum atomic E-state index is 0.0518. The van der Waals surface area contributed by atoms with Gasteiger partial charge in [-0.3, -0.25) is 0 Å². The molecule has 2 nitrogen and oxygen atoms in total. The molecule has 0 N–H and O–H groups in total. The van der Waals surface area contributed by atoms with E-state index in [2.05, 4.69) is 58.3 Å². The van der Waals surface area contributed by atoms with Crippen LogP contribution in [-0.4, -0.2) is 36.3 Å². The van der Waals surface area contributed by atoms with Crippen molar-refractivity contribution in [2.24, 2.45) is 5.92 Å². The molecule has 3 aliphatic rings. The summed E-state index contributed by atoms with van der Waals surface area (Å²) < 4.78 is 7.93. The molecule has 1 aromatic carbocycles. The summed E-state index contributed by atoms with van der Waals surface area (Å²) in [5.74, 6) is 0.728. The average Bonchev–Trinajstić information content (AvgIpc) is 2.67. The number of quaternary nitrogens is 1. The molecule has 0 amide bonds. The lowest BCUT2D eigenvalue weighted by molar-refractivity contribution is -0.953. The van der Waals surface area contributed by atoms with Crippen molar-refractivity contribution in [3.63, 3.8) is 0 Å². The zero-order chi connectivity index (χ0) is 19.1. The van der Waals surface area contributed by atoms with Gasteiger partial charge in [-0.25, -0.2) is 0 Å². The van der Waals surface area contributed by atoms with Gasteiger partial charge in [0.15, 0.2) is 0 Å². The quantitative estimate of drug-likeness (QED) is 0.477. The van der Waals surface area contributed by atoms with Gasteiger partial charge in [-0.05, 0) is 57.9 Å². The second kappa shape index (κ2) is 7.37. The van der Waals surface area contributed by atoms with Gasteiger partial charge in [0.1, 0.15) is 18.2 Å². The Morgan fingerprint density at radius 2 is 1.59 bits per heavy atom. The van der Waals surface area contributed by atoms with Crippen molar-refractivity contribution in [2.75, 3.05) is 14.1 Å². The van der Waals surface area contributed by atoms with Crippen molar-refractivity contribution in [1.29, 1.82) is 0 Å². The first-order valence-electron chi connectivity index (χ1n) is 11.1. The summed E-state index contributed by atoms with van der Waals surface area (Å²) in [7, 11) is 4.79. The maximum Gasteiger partial charge on any atom is 0.133 e. The van der Waals surface area contributed by atoms with Crippen molar-refractivity contribution >= 4 is 0 Å². The van der Waals surface area contributed by atoms with Crippen molar-refractivity contribution in [3.8, 4) is 0 Å². The molecule has 1 aromatic rings. The van der Waals surface area contributed by atoms with E-state index in [1.807, 2.05) is 5.57 Å². The second-order valence-electron chi connectivity index (χ2n) is 10.2. The molecule has 0 bridgehead atoms. The Balaban J connectivity index is 1.66. The molecule has 0 spiro atoms. The SMILES string of the molecule is CC(C)([C@H]1O[C@H]2CCCC[C@H]2C2=C1CCCC2)[N+](C)(C)Cc1ccccc1. The molecular formula is C25H38NO+. The van der Waals surface area contributed by atoms with Crippen LogP contribution in [0.15, 0.2) is 41.5 Å². The highest BCUT2D eigenvalue weighted by Gasteiger charge is 2.51. The molecule has 0 aromatic heterocycles. The molecule has 148 valence electrons. The van der Waals surface area contributed by atoms with E-state index >= 15 is 0 Å². The Hall–Kier alpha value is -1.12. The topological polar surface area (TPSA) is 9.23 Å². The van der Waals surface area contributed by atoms with Crippen LogP contribution in [0, 0.1) is 5.92 Å². The summed E-state index contributed by atoms with van der Waals surface area (Å²) in [5.41, 5.74) is 4.97. The molecule has 2 heteroatoms. The highest BCUT2D eigenvalue weighted by Crippen LogP contribution is 2.48. The number of hydrogen-bond acceptors (Lipinski definition) is 1. The van der Waals surface area contributed by atoms with Gasteiger partial charge >= 0.3 is 0 Å². The van der Waals surface area contributed by atoms with Gasteiger partial charge in [0.05, 0.1) is 20.2 Å². The van der Waals surface area contributed by atoms with E-state index in [-0.39, 0.29) is 11.6 Å². The normalized spacial score (nSPS) is 29.3. The Labute approximate surface area is 166 Å². The molecule has 1 heterocycles. The molecule has 1 aliphatic heterocycles. The standard InChI is InChI=1S/C25H38NO/c1-25(2,26(3,4)18-19-12-6-5-7-13-19)24-22-16-9-8-14-20(22)21-15-10-11-17-23(21)27-24/h5-7,12-13,21,23-24H,8-11,14-18H2,1-4H3/q+1/t21-,23-,24-/m0/s1. The fourth-order valence-corrected chi connectivity index (χ4v) is 5.74. The van der Waals surface area contributed by atoms with Gasteiger partial charge in [-0.2, -0.15) is 0 Å². The van der Waals surface area contributed by atoms with Crippen LogP contribution in [0.5, 0.6) is 0 Å². The van der Waals surface area contributed by atoms with Crippen LogP contribution >= 0.6 is 0 Å². The van der Waals surface area contributed by atoms with Crippen molar-refractivity contribution < 1.29 is 9.22 Å². The predicted octanol–water partition coefficient (Wildman–Crippen LogP) is 5.87. The summed E-state index contributed by atoms with van der Waals surface area (Å²) >= 11 is 0. The Kier molecular flexibility index (Phi) is 5.24. The van der Waals surface area contributed by atoms with Crippen LogP contribution in [0.2, 0.25) is 0 Å². The summed E-state index contributed by atoms with van der Waals surface area (Å²) in [6.45, 7) is 5.94. The zero-order valence-electron chi connectivity index (χ0n) is 17.8. The molecule has 3 atom stereocenters. The fourth-order valence-electron chi connectivity index (χ4n) is 5.74. The van der Waals surface area contributed by atoms with Gasteiger partial charge < -0.3 is 9.22 Å². The molecule has 2 aliphatic carbocycles. The molecular weight excluding hydrogens is 330 g/mol. The Morgan fingerprint density at radius 1 is 0.926 bits per heavy atom. The summed E-state index contributed by atoms with van der Waals surface area (Å²) in [5, 5.41) is 0. The van der Waals surface area contributed by atoms with Gasteiger partial charge in [-0.1, -0.05) is 48.7 Å². The molecule has 0 radical (unpaired) electrons. The third kappa shape index (κ3) is 3.51. The van der Waals surface area contributed by atoms with E-state index in [0.717, 1.165) is 16.9 Å². The van der Waals surface area contributed by atoms with Crippen LogP contribution in [0.3, 0.4) is 0 Å². The Bertz CT molecular complexity index is 688. The first-order valence-corrected chi connectivity index (χ1v) is 11.1. The molecule has 0 unspecified atom stereocenters. The van der Waals surface area contributed by atoms with Gasteiger partial charge in [0, 0.05) is 11.5 Å². The number of fused-ring (bicyclic) bond motifs is 2. The van der Waals surface area contributed by atoms with Crippen molar-refractivity contribution in [2.45, 2.75) is 89.5 Å². The minimum Gasteiger partial charge on any atom is -0.363 e. The molecule has 4 rings (SSSR count). The molecule has 27 heavy (non-hydrogen) atoms. The Morgan fingerprint density at radius 3 is 2.33 bits per heavy atom. The van der Waals surface area contributed by atoms with Gasteiger partial charge in [0.25, 0.3) is 0 Å². The predicted molar refractivity (Wildman–Crippen MR) is 112 cm³/mol. The fraction of sp³-hybridized carbons (Fsp3) is 0.680. The largest absolute Gasteiger partial charge is 0.363 e. The second-order valence-corrected chi connectivity index (χ2v) is 10.2. The third-order valence-electron chi connectivity index (χ3n) is 7.95. The van der Waals surface area contributed by atoms with Crippen LogP contribution in [0.4, 0.5) is 0 Å². The van der Waals surface area contributed by atoms with Crippen LogP contribution in [0.1, 0.15) is 70.8 Å². The van der Waals surface area contributed by atoms with Gasteiger partial charge in [0.2, 0.25) is 0 Å². The lowest BCUT2D eigenvalue weighted by atomic mass is 9.69. The number of ether oxygens (including phenoxy) is 1. The smallest absolute Gasteiger partial charge is 0.133 e. The van der Waals surface area contributed by atoms with Crippen LogP contribution in [-0.2, 0) is 11.3 Å². The van der Waals surface area contributed by atoms with Gasteiger partial charge in [-0.15, -0.1) is 0 Å². The maximum atomic E-state index is 6.98. The molecule has 1 saturated carbocycles. The first-order chi connectivity index (χ1) is 12.9. The summed E-state index contributed by atoms with van der Waals surface area (Å²) in [6.07, 6.45) is 11.4.